The molecule has 1 N–H and O–H groups in total. The molecule has 26 heavy (non-hydrogen) atoms. The van der Waals surface area contributed by atoms with Gasteiger partial charge in [0, 0.05) is 19.1 Å². The van der Waals surface area contributed by atoms with E-state index in [1.54, 1.807) is 20.1 Å². The number of aliphatic hydroxyl groups excluding tert-OH is 1. The number of benzene rings is 1. The van der Waals surface area contributed by atoms with Crippen molar-refractivity contribution in [1.29, 1.82) is 0 Å². The van der Waals surface area contributed by atoms with Gasteiger partial charge in [-0.2, -0.15) is 0 Å². The van der Waals surface area contributed by atoms with Gasteiger partial charge in [-0.15, -0.1) is 0 Å². The van der Waals surface area contributed by atoms with E-state index in [0.717, 1.165) is 11.1 Å². The Morgan fingerprint density at radius 1 is 1.23 bits per heavy atom. The third kappa shape index (κ3) is 7.95. The molecule has 5 nitrogen and oxygen atoms in total. The van der Waals surface area contributed by atoms with Gasteiger partial charge in [0.05, 0.1) is 18.8 Å². The lowest BCUT2D eigenvalue weighted by Gasteiger charge is -2.28. The third-order valence-electron chi connectivity index (χ3n) is 4.03. The molecule has 0 aromatic heterocycles. The standard InChI is InChI=1S/C21H30O5/c1-5-25-20(23)14-12-16(2)11-13-19(22)17(3)21(26-15-24-4)18-9-7-6-8-10-18/h6-12,14,17,19,21-22H,5,13,15H2,1-4H3/b14-12+,16-11+/t17-,19+,21+/m1/s1. The molecule has 144 valence electrons. The molecule has 0 aliphatic heterocycles. The van der Waals surface area contributed by atoms with Crippen molar-refractivity contribution in [3.05, 3.63) is 59.7 Å². The number of methoxy groups -OCH3 is 1. The summed E-state index contributed by atoms with van der Waals surface area (Å²) >= 11 is 0. The molecule has 1 rings (SSSR count). The van der Waals surface area contributed by atoms with Crippen LogP contribution in [-0.2, 0) is 19.0 Å². The van der Waals surface area contributed by atoms with E-state index in [1.807, 2.05) is 50.3 Å². The highest BCUT2D eigenvalue weighted by molar-refractivity contribution is 5.82. The van der Waals surface area contributed by atoms with Crippen LogP contribution in [0.4, 0.5) is 0 Å². The number of hydrogen-bond donors (Lipinski definition) is 1. The predicted octanol–water partition coefficient (Wildman–Crippen LogP) is 3.80. The third-order valence-corrected chi connectivity index (χ3v) is 4.03. The summed E-state index contributed by atoms with van der Waals surface area (Å²) in [5.41, 5.74) is 1.89. The summed E-state index contributed by atoms with van der Waals surface area (Å²) < 4.78 is 15.7. The van der Waals surface area contributed by atoms with Crippen molar-refractivity contribution in [2.45, 2.75) is 39.4 Å². The van der Waals surface area contributed by atoms with Crippen LogP contribution in [-0.4, -0.2) is 37.7 Å². The Labute approximate surface area is 156 Å². The van der Waals surface area contributed by atoms with Crippen LogP contribution in [0.3, 0.4) is 0 Å². The van der Waals surface area contributed by atoms with Crippen LogP contribution >= 0.6 is 0 Å². The number of allylic oxidation sites excluding steroid dienone is 2. The van der Waals surface area contributed by atoms with Crippen molar-refractivity contribution in [2.75, 3.05) is 20.5 Å². The van der Waals surface area contributed by atoms with Gasteiger partial charge in [0.25, 0.3) is 0 Å². The molecule has 0 aliphatic carbocycles. The molecule has 0 aliphatic rings. The van der Waals surface area contributed by atoms with Crippen LogP contribution in [0.2, 0.25) is 0 Å². The van der Waals surface area contributed by atoms with E-state index in [9.17, 15) is 9.90 Å². The maximum absolute atomic E-state index is 11.3. The molecular weight excluding hydrogens is 332 g/mol. The molecule has 0 spiro atoms. The van der Waals surface area contributed by atoms with Crippen molar-refractivity contribution in [3.63, 3.8) is 0 Å². The van der Waals surface area contributed by atoms with E-state index in [2.05, 4.69) is 0 Å². The number of hydrogen-bond acceptors (Lipinski definition) is 5. The normalized spacial score (nSPS) is 15.7. The van der Waals surface area contributed by atoms with Gasteiger partial charge in [-0.3, -0.25) is 0 Å². The zero-order valence-electron chi connectivity index (χ0n) is 16.1. The number of ether oxygens (including phenoxy) is 3. The minimum atomic E-state index is -0.594. The average molecular weight is 362 g/mol. The maximum atomic E-state index is 11.3. The summed E-state index contributed by atoms with van der Waals surface area (Å²) in [5, 5.41) is 10.6. The zero-order chi connectivity index (χ0) is 19.4. The SMILES string of the molecule is CCOC(=O)/C=C/C(C)=C/C[C@H](O)[C@@H](C)[C@H](OCOC)c1ccccc1. The number of carbonyl (C=O) groups excluding carboxylic acids is 1. The molecular formula is C21H30O5. The van der Waals surface area contributed by atoms with Gasteiger partial charge in [-0.1, -0.05) is 55.0 Å². The molecule has 0 unspecified atom stereocenters. The second-order valence-electron chi connectivity index (χ2n) is 6.10. The van der Waals surface area contributed by atoms with Gasteiger partial charge in [0.15, 0.2) is 0 Å². The lowest BCUT2D eigenvalue weighted by atomic mass is 9.90. The first-order chi connectivity index (χ1) is 12.5. The molecule has 1 aromatic rings. The fraction of sp³-hybridized carbons (Fsp3) is 0.476. The summed E-state index contributed by atoms with van der Waals surface area (Å²) in [4.78, 5) is 11.3. The fourth-order valence-corrected chi connectivity index (χ4v) is 2.52. The largest absolute Gasteiger partial charge is 0.463 e. The second kappa shape index (κ2) is 12.4. The zero-order valence-corrected chi connectivity index (χ0v) is 16.1. The predicted molar refractivity (Wildman–Crippen MR) is 101 cm³/mol. The fourth-order valence-electron chi connectivity index (χ4n) is 2.52. The summed E-state index contributed by atoms with van der Waals surface area (Å²) in [6, 6.07) is 9.79. The summed E-state index contributed by atoms with van der Waals surface area (Å²) in [7, 11) is 1.57. The Morgan fingerprint density at radius 2 is 1.92 bits per heavy atom. The Kier molecular flexibility index (Phi) is 10.5. The first-order valence-electron chi connectivity index (χ1n) is 8.84. The molecule has 1 aromatic carbocycles. The van der Waals surface area contributed by atoms with E-state index in [-0.39, 0.29) is 24.8 Å². The monoisotopic (exact) mass is 362 g/mol. The van der Waals surface area contributed by atoms with Gasteiger partial charge >= 0.3 is 5.97 Å². The van der Waals surface area contributed by atoms with E-state index in [0.29, 0.717) is 13.0 Å². The van der Waals surface area contributed by atoms with E-state index < -0.39 is 6.10 Å². The molecule has 0 radical (unpaired) electrons. The van der Waals surface area contributed by atoms with Crippen molar-refractivity contribution in [1.82, 2.24) is 0 Å². The summed E-state index contributed by atoms with van der Waals surface area (Å²) in [6.45, 7) is 6.11. The lowest BCUT2D eigenvalue weighted by molar-refractivity contribution is -0.137. The minimum Gasteiger partial charge on any atom is -0.463 e. The van der Waals surface area contributed by atoms with Gasteiger partial charge in [-0.25, -0.2) is 4.79 Å². The van der Waals surface area contributed by atoms with Crippen molar-refractivity contribution in [2.24, 2.45) is 5.92 Å². The van der Waals surface area contributed by atoms with Crippen LogP contribution in [0, 0.1) is 5.92 Å². The minimum absolute atomic E-state index is 0.134. The molecule has 3 atom stereocenters. The van der Waals surface area contributed by atoms with Gasteiger partial charge in [0.1, 0.15) is 6.79 Å². The topological polar surface area (TPSA) is 65.0 Å². The average Bonchev–Trinajstić information content (AvgIpc) is 2.65. The van der Waals surface area contributed by atoms with E-state index in [4.69, 9.17) is 14.2 Å². The van der Waals surface area contributed by atoms with Gasteiger partial charge in [-0.05, 0) is 25.8 Å². The Balaban J connectivity index is 2.71. The second-order valence-corrected chi connectivity index (χ2v) is 6.10. The number of esters is 1. The van der Waals surface area contributed by atoms with Crippen molar-refractivity contribution < 1.29 is 24.1 Å². The Bertz CT molecular complexity index is 579. The first kappa shape index (κ1) is 22.1. The van der Waals surface area contributed by atoms with Crippen LogP contribution in [0.1, 0.15) is 38.9 Å². The number of aliphatic hydroxyl groups is 1. The van der Waals surface area contributed by atoms with Crippen molar-refractivity contribution >= 4 is 5.97 Å². The summed E-state index contributed by atoms with van der Waals surface area (Å²) in [5.74, 6) is -0.503. The lowest BCUT2D eigenvalue weighted by Crippen LogP contribution is -2.26. The number of carbonyl (C=O) groups is 1. The molecule has 0 fully saturated rings. The van der Waals surface area contributed by atoms with E-state index >= 15 is 0 Å². The highest BCUT2D eigenvalue weighted by Crippen LogP contribution is 2.29. The highest BCUT2D eigenvalue weighted by Gasteiger charge is 2.26. The molecule has 0 saturated heterocycles. The number of rotatable bonds is 11. The smallest absolute Gasteiger partial charge is 0.330 e. The van der Waals surface area contributed by atoms with Crippen LogP contribution in [0.15, 0.2) is 54.1 Å². The quantitative estimate of drug-likeness (QED) is 0.281. The van der Waals surface area contributed by atoms with Gasteiger partial charge in [0.2, 0.25) is 0 Å². The first-order valence-corrected chi connectivity index (χ1v) is 8.84. The molecule has 0 bridgehead atoms. The summed E-state index contributed by atoms with van der Waals surface area (Å²) in [6.07, 6.45) is 4.57. The van der Waals surface area contributed by atoms with Gasteiger partial charge < -0.3 is 19.3 Å². The molecule has 0 heterocycles. The molecule has 0 saturated carbocycles. The van der Waals surface area contributed by atoms with Crippen molar-refractivity contribution in [3.8, 4) is 0 Å². The molecule has 0 amide bonds. The Hall–Kier alpha value is -1.95. The highest BCUT2D eigenvalue weighted by atomic mass is 16.7. The Morgan fingerprint density at radius 3 is 2.54 bits per heavy atom. The van der Waals surface area contributed by atoms with Crippen LogP contribution < -0.4 is 0 Å². The molecule has 5 heteroatoms. The maximum Gasteiger partial charge on any atom is 0.330 e. The van der Waals surface area contributed by atoms with Crippen LogP contribution in [0.5, 0.6) is 0 Å². The van der Waals surface area contributed by atoms with Crippen LogP contribution in [0.25, 0.3) is 0 Å². The van der Waals surface area contributed by atoms with E-state index in [1.165, 1.54) is 6.08 Å².